The van der Waals surface area contributed by atoms with Crippen LogP contribution in [0.4, 0.5) is 0 Å². The van der Waals surface area contributed by atoms with Crippen molar-refractivity contribution in [1.29, 1.82) is 0 Å². The number of hydrogen-bond donors (Lipinski definition) is 1. The Hall–Kier alpha value is -1.40. The number of nitrogens with one attached hydrogen (secondary N) is 1. The summed E-state index contributed by atoms with van der Waals surface area (Å²) in [6.45, 7) is 5.37. The van der Waals surface area contributed by atoms with Crippen molar-refractivity contribution in [3.05, 3.63) is 29.3 Å². The molecule has 1 aliphatic heterocycles. The number of carbonyl (C=O) groups excluding carboxylic acids is 1. The lowest BCUT2D eigenvalue weighted by Gasteiger charge is -2.24. The molecule has 1 aromatic rings. The van der Waals surface area contributed by atoms with Gasteiger partial charge in [-0.25, -0.2) is 13.1 Å². The number of carbonyl (C=O) groups is 1. The highest BCUT2D eigenvalue weighted by Gasteiger charge is 2.19. The Morgan fingerprint density at radius 3 is 2.38 bits per heavy atom. The molecule has 6 heteroatoms. The molecule has 0 unspecified atom stereocenters. The molecule has 1 amide bonds. The van der Waals surface area contributed by atoms with Crippen LogP contribution in [-0.4, -0.2) is 38.9 Å². The molecule has 1 aliphatic rings. The SMILES string of the molecule is Cc1ccc(C)c(S(=O)(=O)NCCC(=O)N2CCCCCCC2)c1. The van der Waals surface area contributed by atoms with Crippen LogP contribution >= 0.6 is 0 Å². The highest BCUT2D eigenvalue weighted by molar-refractivity contribution is 7.89. The third-order valence-electron chi connectivity index (χ3n) is 4.47. The Labute approximate surface area is 145 Å². The van der Waals surface area contributed by atoms with Crippen LogP contribution in [0, 0.1) is 13.8 Å². The van der Waals surface area contributed by atoms with Crippen LogP contribution in [-0.2, 0) is 14.8 Å². The summed E-state index contributed by atoms with van der Waals surface area (Å²) >= 11 is 0. The van der Waals surface area contributed by atoms with E-state index in [1.807, 2.05) is 17.9 Å². The van der Waals surface area contributed by atoms with Gasteiger partial charge in [-0.2, -0.15) is 0 Å². The van der Waals surface area contributed by atoms with Crippen molar-refractivity contribution >= 4 is 15.9 Å². The van der Waals surface area contributed by atoms with Crippen molar-refractivity contribution in [3.63, 3.8) is 0 Å². The third-order valence-corrected chi connectivity index (χ3v) is 6.08. The Morgan fingerprint density at radius 1 is 1.08 bits per heavy atom. The summed E-state index contributed by atoms with van der Waals surface area (Å²) in [4.78, 5) is 14.5. The zero-order chi connectivity index (χ0) is 17.6. The molecule has 0 atom stereocenters. The minimum atomic E-state index is -3.57. The van der Waals surface area contributed by atoms with Gasteiger partial charge in [0.25, 0.3) is 0 Å². The lowest BCUT2D eigenvalue weighted by Crippen LogP contribution is -2.36. The predicted octanol–water partition coefficient (Wildman–Crippen LogP) is 2.76. The molecule has 134 valence electrons. The first-order chi connectivity index (χ1) is 11.4. The molecule has 1 heterocycles. The van der Waals surface area contributed by atoms with E-state index in [0.717, 1.165) is 31.5 Å². The second-order valence-corrected chi connectivity index (χ2v) is 8.30. The molecule has 1 aromatic carbocycles. The molecule has 0 radical (unpaired) electrons. The highest BCUT2D eigenvalue weighted by Crippen LogP contribution is 2.16. The largest absolute Gasteiger partial charge is 0.343 e. The summed E-state index contributed by atoms with van der Waals surface area (Å²) in [5.74, 6) is 0.0422. The van der Waals surface area contributed by atoms with Gasteiger partial charge in [0, 0.05) is 26.1 Å². The van der Waals surface area contributed by atoms with Gasteiger partial charge in [-0.1, -0.05) is 31.4 Å². The van der Waals surface area contributed by atoms with E-state index in [2.05, 4.69) is 4.72 Å². The lowest BCUT2D eigenvalue weighted by atomic mass is 10.1. The summed E-state index contributed by atoms with van der Waals surface area (Å²) in [5, 5.41) is 0. The third kappa shape index (κ3) is 5.31. The first-order valence-electron chi connectivity index (χ1n) is 8.75. The Balaban J connectivity index is 1.90. The molecule has 0 saturated carbocycles. The quantitative estimate of drug-likeness (QED) is 0.886. The average Bonchev–Trinajstić information content (AvgIpc) is 2.49. The second kappa shape index (κ2) is 8.62. The van der Waals surface area contributed by atoms with Crippen molar-refractivity contribution in [2.75, 3.05) is 19.6 Å². The normalized spacial score (nSPS) is 16.5. The lowest BCUT2D eigenvalue weighted by molar-refractivity contribution is -0.131. The molecule has 0 aliphatic carbocycles. The average molecular weight is 353 g/mol. The van der Waals surface area contributed by atoms with Crippen LogP contribution in [0.3, 0.4) is 0 Å². The zero-order valence-corrected chi connectivity index (χ0v) is 15.5. The molecule has 0 aromatic heterocycles. The summed E-state index contributed by atoms with van der Waals surface area (Å²) in [5.41, 5.74) is 1.61. The summed E-state index contributed by atoms with van der Waals surface area (Å²) in [6.07, 6.45) is 5.88. The fourth-order valence-electron chi connectivity index (χ4n) is 3.02. The Kier molecular flexibility index (Phi) is 6.80. The molecule has 1 saturated heterocycles. The minimum Gasteiger partial charge on any atom is -0.343 e. The monoisotopic (exact) mass is 352 g/mol. The van der Waals surface area contributed by atoms with E-state index in [9.17, 15) is 13.2 Å². The van der Waals surface area contributed by atoms with Crippen LogP contribution in [0.15, 0.2) is 23.1 Å². The van der Waals surface area contributed by atoms with Gasteiger partial charge in [0.2, 0.25) is 15.9 Å². The van der Waals surface area contributed by atoms with Crippen molar-refractivity contribution < 1.29 is 13.2 Å². The number of rotatable bonds is 5. The molecular formula is C18H28N2O3S. The number of nitrogens with zero attached hydrogens (tertiary/aromatic N) is 1. The molecule has 2 rings (SSSR count). The van der Waals surface area contributed by atoms with Gasteiger partial charge in [0.15, 0.2) is 0 Å². The maximum atomic E-state index is 12.4. The Bertz CT molecular complexity index is 663. The van der Waals surface area contributed by atoms with E-state index in [1.54, 1.807) is 19.1 Å². The number of sulfonamides is 1. The molecule has 0 bridgehead atoms. The zero-order valence-electron chi connectivity index (χ0n) is 14.7. The maximum Gasteiger partial charge on any atom is 0.240 e. The standard InChI is InChI=1S/C18H28N2O3S/c1-15-8-9-16(2)17(14-15)24(22,23)19-11-10-18(21)20-12-6-4-3-5-7-13-20/h8-9,14,19H,3-7,10-13H2,1-2H3. The van der Waals surface area contributed by atoms with Gasteiger partial charge in [0.1, 0.15) is 0 Å². The highest BCUT2D eigenvalue weighted by atomic mass is 32.2. The number of amides is 1. The minimum absolute atomic E-state index is 0.0422. The van der Waals surface area contributed by atoms with Gasteiger partial charge in [-0.15, -0.1) is 0 Å². The first-order valence-corrected chi connectivity index (χ1v) is 10.2. The van der Waals surface area contributed by atoms with Crippen molar-refractivity contribution in [1.82, 2.24) is 9.62 Å². The second-order valence-electron chi connectivity index (χ2n) is 6.57. The van der Waals surface area contributed by atoms with E-state index in [-0.39, 0.29) is 18.9 Å². The summed E-state index contributed by atoms with van der Waals surface area (Å²) in [6, 6.07) is 5.35. The number of aryl methyl sites for hydroxylation is 2. The van der Waals surface area contributed by atoms with Crippen LogP contribution in [0.2, 0.25) is 0 Å². The van der Waals surface area contributed by atoms with Crippen LogP contribution in [0.5, 0.6) is 0 Å². The van der Waals surface area contributed by atoms with Gasteiger partial charge in [-0.05, 0) is 43.9 Å². The van der Waals surface area contributed by atoms with Crippen LogP contribution in [0.25, 0.3) is 0 Å². The summed E-state index contributed by atoms with van der Waals surface area (Å²) in [7, 11) is -3.57. The van der Waals surface area contributed by atoms with E-state index >= 15 is 0 Å². The summed E-state index contributed by atoms with van der Waals surface area (Å²) < 4.78 is 27.4. The van der Waals surface area contributed by atoms with Gasteiger partial charge < -0.3 is 4.90 Å². The fraction of sp³-hybridized carbons (Fsp3) is 0.611. The molecule has 5 nitrogen and oxygen atoms in total. The van der Waals surface area contributed by atoms with Crippen LogP contribution in [0.1, 0.15) is 49.7 Å². The molecule has 1 fully saturated rings. The van der Waals surface area contributed by atoms with Crippen molar-refractivity contribution in [2.45, 2.75) is 57.3 Å². The van der Waals surface area contributed by atoms with Gasteiger partial charge in [0.05, 0.1) is 4.90 Å². The van der Waals surface area contributed by atoms with E-state index < -0.39 is 10.0 Å². The van der Waals surface area contributed by atoms with Crippen molar-refractivity contribution in [3.8, 4) is 0 Å². The first kappa shape index (κ1) is 18.9. The Morgan fingerprint density at radius 2 is 1.71 bits per heavy atom. The smallest absolute Gasteiger partial charge is 0.240 e. The number of hydrogen-bond acceptors (Lipinski definition) is 3. The molecule has 24 heavy (non-hydrogen) atoms. The van der Waals surface area contributed by atoms with E-state index in [4.69, 9.17) is 0 Å². The topological polar surface area (TPSA) is 66.5 Å². The number of benzene rings is 1. The molecule has 1 N–H and O–H groups in total. The predicted molar refractivity (Wildman–Crippen MR) is 95.4 cm³/mol. The van der Waals surface area contributed by atoms with E-state index in [1.165, 1.54) is 19.3 Å². The number of likely N-dealkylation sites (tertiary alicyclic amines) is 1. The van der Waals surface area contributed by atoms with Gasteiger partial charge in [-0.3, -0.25) is 4.79 Å². The van der Waals surface area contributed by atoms with Crippen LogP contribution < -0.4 is 4.72 Å². The maximum absolute atomic E-state index is 12.4. The molecule has 0 spiro atoms. The fourth-order valence-corrected chi connectivity index (χ4v) is 4.38. The van der Waals surface area contributed by atoms with Gasteiger partial charge >= 0.3 is 0 Å². The molecular weight excluding hydrogens is 324 g/mol. The van der Waals surface area contributed by atoms with Crippen molar-refractivity contribution in [2.24, 2.45) is 0 Å². The van der Waals surface area contributed by atoms with E-state index in [0.29, 0.717) is 10.5 Å².